The van der Waals surface area contributed by atoms with E-state index >= 15 is 0 Å². The van der Waals surface area contributed by atoms with Gasteiger partial charge in [0.15, 0.2) is 0 Å². The molecule has 1 atom stereocenters. The zero-order chi connectivity index (χ0) is 14.8. The van der Waals surface area contributed by atoms with Crippen LogP contribution in [-0.4, -0.2) is 38.4 Å². The molecule has 0 saturated carbocycles. The van der Waals surface area contributed by atoms with Crippen LogP contribution < -0.4 is 4.72 Å². The van der Waals surface area contributed by atoms with E-state index in [0.717, 1.165) is 37.2 Å². The summed E-state index contributed by atoms with van der Waals surface area (Å²) in [5.41, 5.74) is 0. The molecule has 2 rings (SSSR count). The van der Waals surface area contributed by atoms with E-state index in [4.69, 9.17) is 0 Å². The number of sulfonamides is 1. The van der Waals surface area contributed by atoms with Crippen LogP contribution in [0.25, 0.3) is 0 Å². The first-order valence-corrected chi connectivity index (χ1v) is 9.14. The lowest BCUT2D eigenvalue weighted by Gasteiger charge is -2.20. The maximum atomic E-state index is 12.2. The van der Waals surface area contributed by atoms with Crippen molar-refractivity contribution in [2.24, 2.45) is 0 Å². The molecule has 1 aromatic heterocycles. The van der Waals surface area contributed by atoms with Gasteiger partial charge in [-0.25, -0.2) is 8.42 Å². The van der Waals surface area contributed by atoms with Crippen LogP contribution in [0, 0.1) is 0 Å². The topological polar surface area (TPSA) is 66.5 Å². The second kappa shape index (κ2) is 6.24. The number of amides is 1. The van der Waals surface area contributed by atoms with Gasteiger partial charge in [0.05, 0.1) is 6.04 Å². The van der Waals surface area contributed by atoms with E-state index in [1.54, 1.807) is 17.9 Å². The van der Waals surface area contributed by atoms with Gasteiger partial charge in [-0.1, -0.05) is 6.92 Å². The van der Waals surface area contributed by atoms with E-state index < -0.39 is 16.1 Å². The Morgan fingerprint density at radius 1 is 1.40 bits per heavy atom. The molecule has 0 radical (unpaired) electrons. The highest BCUT2D eigenvalue weighted by Crippen LogP contribution is 2.22. The van der Waals surface area contributed by atoms with Crippen molar-refractivity contribution in [3.63, 3.8) is 0 Å². The first-order chi connectivity index (χ1) is 9.44. The summed E-state index contributed by atoms with van der Waals surface area (Å²) < 4.78 is 27.2. The number of aryl methyl sites for hydroxylation is 1. The number of carbonyl (C=O) groups excluding carboxylic acids is 1. The average molecular weight is 316 g/mol. The summed E-state index contributed by atoms with van der Waals surface area (Å²) in [5.74, 6) is -0.140. The molecule has 1 aliphatic rings. The second-order valence-corrected chi connectivity index (χ2v) is 8.06. The fourth-order valence-corrected chi connectivity index (χ4v) is 4.75. The quantitative estimate of drug-likeness (QED) is 0.897. The van der Waals surface area contributed by atoms with E-state index in [2.05, 4.69) is 4.72 Å². The molecular weight excluding hydrogens is 296 g/mol. The number of carbonyl (C=O) groups is 1. The minimum absolute atomic E-state index is 0.140. The largest absolute Gasteiger partial charge is 0.341 e. The molecule has 7 heteroatoms. The Balaban J connectivity index is 2.05. The molecule has 1 fully saturated rings. The molecule has 20 heavy (non-hydrogen) atoms. The Hall–Kier alpha value is -0.920. The molecule has 1 saturated heterocycles. The van der Waals surface area contributed by atoms with E-state index in [1.165, 1.54) is 11.3 Å². The van der Waals surface area contributed by atoms with Crippen LogP contribution in [-0.2, 0) is 21.2 Å². The highest BCUT2D eigenvalue weighted by atomic mass is 32.2. The second-order valence-electron chi connectivity index (χ2n) is 4.95. The minimum atomic E-state index is -3.60. The molecular formula is C13H20N2O3S2. The third-order valence-corrected chi connectivity index (χ3v) is 6.63. The van der Waals surface area contributed by atoms with Crippen LogP contribution >= 0.6 is 11.3 Å². The average Bonchev–Trinajstić information content (AvgIpc) is 3.08. The summed E-state index contributed by atoms with van der Waals surface area (Å²) in [6.07, 6.45) is 2.80. The van der Waals surface area contributed by atoms with Crippen molar-refractivity contribution in [3.05, 3.63) is 17.0 Å². The van der Waals surface area contributed by atoms with Crippen LogP contribution in [0.4, 0.5) is 0 Å². The van der Waals surface area contributed by atoms with Gasteiger partial charge in [0, 0.05) is 18.0 Å². The number of rotatable bonds is 5. The fourth-order valence-electron chi connectivity index (χ4n) is 2.25. The van der Waals surface area contributed by atoms with Crippen molar-refractivity contribution < 1.29 is 13.2 Å². The van der Waals surface area contributed by atoms with E-state index in [-0.39, 0.29) is 10.1 Å². The summed E-state index contributed by atoms with van der Waals surface area (Å²) in [6, 6.07) is 2.69. The predicted octanol–water partition coefficient (Wildman–Crippen LogP) is 1.60. The molecule has 2 heterocycles. The number of nitrogens with zero attached hydrogens (tertiary/aromatic N) is 1. The summed E-state index contributed by atoms with van der Waals surface area (Å²) in [7, 11) is -3.60. The SMILES string of the molecule is CCc1ccc(S(=O)(=O)N[C@@H](C)C(=O)N2CCCC2)s1. The standard InChI is InChI=1S/C13H20N2O3S2/c1-3-11-6-7-12(19-11)20(17,18)14-10(2)13(16)15-8-4-5-9-15/h6-7,10,14H,3-5,8-9H2,1-2H3/t10-/m0/s1. The number of likely N-dealkylation sites (tertiary alicyclic amines) is 1. The Bertz CT molecular complexity index is 574. The molecule has 0 bridgehead atoms. The van der Waals surface area contributed by atoms with Crippen molar-refractivity contribution in [1.82, 2.24) is 9.62 Å². The van der Waals surface area contributed by atoms with Crippen LogP contribution in [0.3, 0.4) is 0 Å². The lowest BCUT2D eigenvalue weighted by atomic mass is 10.3. The third kappa shape index (κ3) is 3.39. The lowest BCUT2D eigenvalue weighted by molar-refractivity contribution is -0.131. The van der Waals surface area contributed by atoms with Gasteiger partial charge in [-0.15, -0.1) is 11.3 Å². The van der Waals surface area contributed by atoms with Gasteiger partial charge in [-0.05, 0) is 38.3 Å². The highest BCUT2D eigenvalue weighted by molar-refractivity contribution is 7.91. The van der Waals surface area contributed by atoms with Crippen LogP contribution in [0.15, 0.2) is 16.3 Å². The van der Waals surface area contributed by atoms with Crippen molar-refractivity contribution in [1.29, 1.82) is 0 Å². The zero-order valence-corrected chi connectivity index (χ0v) is 13.4. The Kier molecular flexibility index (Phi) is 4.82. The minimum Gasteiger partial charge on any atom is -0.341 e. The zero-order valence-electron chi connectivity index (χ0n) is 11.8. The molecule has 112 valence electrons. The molecule has 0 aliphatic carbocycles. The molecule has 1 aliphatic heterocycles. The van der Waals surface area contributed by atoms with Gasteiger partial charge in [0.2, 0.25) is 5.91 Å². The molecule has 0 spiro atoms. The predicted molar refractivity (Wildman–Crippen MR) is 79.3 cm³/mol. The van der Waals surface area contributed by atoms with Gasteiger partial charge in [-0.2, -0.15) is 4.72 Å². The highest BCUT2D eigenvalue weighted by Gasteiger charge is 2.27. The molecule has 0 aromatic carbocycles. The number of hydrogen-bond acceptors (Lipinski definition) is 4. The van der Waals surface area contributed by atoms with Crippen LogP contribution in [0.5, 0.6) is 0 Å². The van der Waals surface area contributed by atoms with Crippen LogP contribution in [0.1, 0.15) is 31.6 Å². The Labute approximate surface area is 124 Å². The summed E-state index contributed by atoms with van der Waals surface area (Å²) >= 11 is 1.25. The maximum Gasteiger partial charge on any atom is 0.250 e. The third-order valence-electron chi connectivity index (χ3n) is 3.37. The van der Waals surface area contributed by atoms with Crippen molar-refractivity contribution in [2.75, 3.05) is 13.1 Å². The summed E-state index contributed by atoms with van der Waals surface area (Å²) in [6.45, 7) is 5.04. The van der Waals surface area contributed by atoms with E-state index in [0.29, 0.717) is 0 Å². The monoisotopic (exact) mass is 316 g/mol. The molecule has 5 nitrogen and oxygen atoms in total. The van der Waals surface area contributed by atoms with Gasteiger partial charge in [0.25, 0.3) is 10.0 Å². The van der Waals surface area contributed by atoms with Gasteiger partial charge in [-0.3, -0.25) is 4.79 Å². The number of hydrogen-bond donors (Lipinski definition) is 1. The maximum absolute atomic E-state index is 12.2. The van der Waals surface area contributed by atoms with Crippen molar-refractivity contribution in [3.8, 4) is 0 Å². The van der Waals surface area contributed by atoms with E-state index in [9.17, 15) is 13.2 Å². The fraction of sp³-hybridized carbons (Fsp3) is 0.615. The Morgan fingerprint density at radius 2 is 2.05 bits per heavy atom. The van der Waals surface area contributed by atoms with Crippen molar-refractivity contribution in [2.45, 2.75) is 43.4 Å². The Morgan fingerprint density at radius 3 is 2.60 bits per heavy atom. The molecule has 1 aromatic rings. The first-order valence-electron chi connectivity index (χ1n) is 6.84. The van der Waals surface area contributed by atoms with E-state index in [1.807, 2.05) is 13.0 Å². The van der Waals surface area contributed by atoms with Gasteiger partial charge >= 0.3 is 0 Å². The van der Waals surface area contributed by atoms with Gasteiger partial charge < -0.3 is 4.90 Å². The number of thiophene rings is 1. The lowest BCUT2D eigenvalue weighted by Crippen LogP contribution is -2.45. The summed E-state index contributed by atoms with van der Waals surface area (Å²) in [5, 5.41) is 0. The normalized spacial score (nSPS) is 17.4. The van der Waals surface area contributed by atoms with Crippen LogP contribution in [0.2, 0.25) is 0 Å². The van der Waals surface area contributed by atoms with Gasteiger partial charge in [0.1, 0.15) is 4.21 Å². The summed E-state index contributed by atoms with van der Waals surface area (Å²) in [4.78, 5) is 14.9. The van der Waals surface area contributed by atoms with Crippen molar-refractivity contribution >= 4 is 27.3 Å². The molecule has 0 unspecified atom stereocenters. The number of nitrogens with one attached hydrogen (secondary N) is 1. The molecule has 1 N–H and O–H groups in total. The molecule has 1 amide bonds. The smallest absolute Gasteiger partial charge is 0.250 e. The first kappa shape index (κ1) is 15.5.